The monoisotopic (exact) mass is 836 g/mol. The van der Waals surface area contributed by atoms with Crippen molar-refractivity contribution in [1.29, 1.82) is 0 Å². The maximum atomic E-state index is 14.7. The molecule has 7 aromatic rings. The van der Waals surface area contributed by atoms with E-state index in [0.717, 1.165) is 22.3 Å². The lowest BCUT2D eigenvalue weighted by Gasteiger charge is -2.36. The highest BCUT2D eigenvalue weighted by Gasteiger charge is 2.46. The summed E-state index contributed by atoms with van der Waals surface area (Å²) in [4.78, 5) is 13.6. The van der Waals surface area contributed by atoms with Crippen molar-refractivity contribution in [2.24, 2.45) is 0 Å². The van der Waals surface area contributed by atoms with Gasteiger partial charge in [0.15, 0.2) is 17.6 Å². The van der Waals surface area contributed by atoms with Gasteiger partial charge in [0.1, 0.15) is 55.3 Å². The van der Waals surface area contributed by atoms with Crippen LogP contribution in [0.4, 0.5) is 13.2 Å². The molecular formula is C52H43F3O7. The lowest BCUT2D eigenvalue weighted by Crippen LogP contribution is -2.35. The minimum absolute atomic E-state index is 0.0283. The van der Waals surface area contributed by atoms with E-state index in [1.807, 2.05) is 127 Å². The molecule has 1 aliphatic rings. The molecule has 0 saturated carbocycles. The van der Waals surface area contributed by atoms with Crippen LogP contribution in [0.1, 0.15) is 55.4 Å². The van der Waals surface area contributed by atoms with Crippen LogP contribution in [0.3, 0.4) is 0 Å². The predicted octanol–water partition coefficient (Wildman–Crippen LogP) is 12.0. The summed E-state index contributed by atoms with van der Waals surface area (Å²) < 4.78 is 82.6. The molecule has 314 valence electrons. The Balaban J connectivity index is 1.23. The fourth-order valence-electron chi connectivity index (χ4n) is 7.17. The van der Waals surface area contributed by atoms with Crippen LogP contribution in [0.25, 0.3) is 0 Å². The summed E-state index contributed by atoms with van der Waals surface area (Å²) in [6.07, 6.45) is -7.04. The Kier molecular flexibility index (Phi) is 13.2. The third kappa shape index (κ3) is 10.5. The van der Waals surface area contributed by atoms with Crippen molar-refractivity contribution in [3.63, 3.8) is 0 Å². The molecule has 2 atom stereocenters. The van der Waals surface area contributed by atoms with Crippen molar-refractivity contribution in [3.05, 3.63) is 220 Å². The molecule has 7 aromatic carbocycles. The average molecular weight is 837 g/mol. The van der Waals surface area contributed by atoms with E-state index in [2.05, 4.69) is 0 Å². The maximum Gasteiger partial charge on any atom is 0.455 e. The molecule has 0 aromatic heterocycles. The summed E-state index contributed by atoms with van der Waals surface area (Å²) in [6, 6.07) is 53.8. The van der Waals surface area contributed by atoms with Gasteiger partial charge in [-0.3, -0.25) is 4.79 Å². The smallest absolute Gasteiger partial charge is 0.455 e. The standard InChI is InChI=1S/C52H43F3O7/c53-52(54,55)51(56)48-46(60-34-39-22-12-4-13-23-39)30-44(58-32-37-18-8-2-9-19-37)42-29-47(61-35-40-24-14-5-15-25-40)49(62-50(42)48)41-26-27-43(57-31-36-16-6-1-7-17-36)45(28-41)59-33-38-20-10-3-11-21-38/h1-28,30,47,49H,29,31-35H2/t47-,49+/m0/s1. The molecule has 0 amide bonds. The van der Waals surface area contributed by atoms with Crippen LogP contribution in [0.2, 0.25) is 0 Å². The first-order valence-corrected chi connectivity index (χ1v) is 20.2. The number of fused-ring (bicyclic) bond motifs is 1. The highest BCUT2D eigenvalue weighted by Crippen LogP contribution is 2.49. The molecular weight excluding hydrogens is 794 g/mol. The van der Waals surface area contributed by atoms with Crippen molar-refractivity contribution < 1.29 is 46.4 Å². The van der Waals surface area contributed by atoms with Crippen LogP contribution < -0.4 is 23.7 Å². The number of hydrogen-bond acceptors (Lipinski definition) is 7. The van der Waals surface area contributed by atoms with Gasteiger partial charge < -0.3 is 28.4 Å². The fraction of sp³-hybridized carbons (Fsp3) is 0.173. The van der Waals surface area contributed by atoms with Gasteiger partial charge in [0.05, 0.1) is 6.61 Å². The molecule has 0 saturated heterocycles. The first kappa shape index (κ1) is 41.7. The van der Waals surface area contributed by atoms with Crippen LogP contribution in [-0.4, -0.2) is 18.1 Å². The Bertz CT molecular complexity index is 2540. The molecule has 10 heteroatoms. The van der Waals surface area contributed by atoms with Crippen molar-refractivity contribution in [1.82, 2.24) is 0 Å². The highest BCUT2D eigenvalue weighted by atomic mass is 19.4. The summed E-state index contributed by atoms with van der Waals surface area (Å²) in [5, 5.41) is 0. The number of hydrogen-bond donors (Lipinski definition) is 0. The number of ether oxygens (including phenoxy) is 6. The predicted molar refractivity (Wildman–Crippen MR) is 228 cm³/mol. The minimum Gasteiger partial charge on any atom is -0.488 e. The van der Waals surface area contributed by atoms with Crippen molar-refractivity contribution in [2.45, 2.75) is 57.8 Å². The van der Waals surface area contributed by atoms with Gasteiger partial charge in [-0.05, 0) is 45.5 Å². The molecule has 0 N–H and O–H groups in total. The van der Waals surface area contributed by atoms with E-state index in [0.29, 0.717) is 22.6 Å². The highest BCUT2D eigenvalue weighted by molar-refractivity contribution is 6.05. The average Bonchev–Trinajstić information content (AvgIpc) is 3.31. The maximum absolute atomic E-state index is 14.7. The Hall–Kier alpha value is -7.04. The van der Waals surface area contributed by atoms with E-state index in [1.54, 1.807) is 42.5 Å². The summed E-state index contributed by atoms with van der Waals surface area (Å²) in [7, 11) is 0. The number of carbonyl (C=O) groups excluding carboxylic acids is 1. The van der Waals surface area contributed by atoms with E-state index in [4.69, 9.17) is 28.4 Å². The Labute approximate surface area is 358 Å². The van der Waals surface area contributed by atoms with Crippen molar-refractivity contribution in [3.8, 4) is 28.7 Å². The Morgan fingerprint density at radius 3 is 1.39 bits per heavy atom. The second-order valence-corrected chi connectivity index (χ2v) is 14.8. The van der Waals surface area contributed by atoms with Crippen LogP contribution >= 0.6 is 0 Å². The number of benzene rings is 7. The SMILES string of the molecule is O=C(c1c(OCc2ccccc2)cc(OCc2ccccc2)c2c1O[C@H](c1ccc(OCc3ccccc3)c(OCc3ccccc3)c1)[C@@H](OCc1ccccc1)C2)C(F)(F)F. The summed E-state index contributed by atoms with van der Waals surface area (Å²) in [6.45, 7) is 0.614. The van der Waals surface area contributed by atoms with Crippen LogP contribution in [0.5, 0.6) is 28.7 Å². The molecule has 8 rings (SSSR count). The molecule has 1 aliphatic heterocycles. The van der Waals surface area contributed by atoms with E-state index < -0.39 is 29.7 Å². The molecule has 7 nitrogen and oxygen atoms in total. The Morgan fingerprint density at radius 1 is 0.500 bits per heavy atom. The second kappa shape index (κ2) is 19.6. The molecule has 0 fully saturated rings. The van der Waals surface area contributed by atoms with Crippen molar-refractivity contribution in [2.75, 3.05) is 0 Å². The number of rotatable bonds is 17. The topological polar surface area (TPSA) is 72.5 Å². The van der Waals surface area contributed by atoms with Crippen LogP contribution in [0.15, 0.2) is 176 Å². The number of carbonyl (C=O) groups is 1. The Morgan fingerprint density at radius 2 is 0.919 bits per heavy atom. The first-order chi connectivity index (χ1) is 30.3. The van der Waals surface area contributed by atoms with Crippen molar-refractivity contribution >= 4 is 5.78 Å². The molecule has 0 aliphatic carbocycles. The fourth-order valence-corrected chi connectivity index (χ4v) is 7.17. The zero-order valence-electron chi connectivity index (χ0n) is 33.6. The molecule has 0 bridgehead atoms. The van der Waals surface area contributed by atoms with Gasteiger partial charge in [-0.1, -0.05) is 158 Å². The summed E-state index contributed by atoms with van der Waals surface area (Å²) >= 11 is 0. The van der Waals surface area contributed by atoms with Gasteiger partial charge in [0.2, 0.25) is 0 Å². The summed E-state index contributed by atoms with van der Waals surface area (Å²) in [5.74, 6) is -1.68. The quantitative estimate of drug-likeness (QED) is 0.0846. The summed E-state index contributed by atoms with van der Waals surface area (Å²) in [5.41, 5.74) is 4.29. The van der Waals surface area contributed by atoms with Gasteiger partial charge in [-0.25, -0.2) is 0 Å². The van der Waals surface area contributed by atoms with Gasteiger partial charge >= 0.3 is 6.18 Å². The lowest BCUT2D eigenvalue weighted by molar-refractivity contribution is -0.0893. The van der Waals surface area contributed by atoms with E-state index in [1.165, 1.54) is 6.07 Å². The molecule has 1 heterocycles. The first-order valence-electron chi connectivity index (χ1n) is 20.2. The van der Waals surface area contributed by atoms with E-state index in [-0.39, 0.29) is 62.3 Å². The number of halogens is 3. The zero-order valence-corrected chi connectivity index (χ0v) is 33.6. The van der Waals surface area contributed by atoms with Crippen LogP contribution in [0, 0.1) is 0 Å². The minimum atomic E-state index is -5.26. The molecule has 0 radical (unpaired) electrons. The lowest BCUT2D eigenvalue weighted by atomic mass is 9.90. The van der Waals surface area contributed by atoms with E-state index in [9.17, 15) is 18.0 Å². The molecule has 0 unspecified atom stereocenters. The molecule has 62 heavy (non-hydrogen) atoms. The largest absolute Gasteiger partial charge is 0.488 e. The van der Waals surface area contributed by atoms with E-state index >= 15 is 0 Å². The van der Waals surface area contributed by atoms with Gasteiger partial charge in [-0.15, -0.1) is 0 Å². The van der Waals surface area contributed by atoms with Gasteiger partial charge in [0.25, 0.3) is 5.78 Å². The third-order valence-electron chi connectivity index (χ3n) is 10.3. The van der Waals surface area contributed by atoms with Crippen LogP contribution in [-0.2, 0) is 44.2 Å². The number of alkyl halides is 3. The number of ketones is 1. The number of Topliss-reactive ketones (excluding diaryl/α,β-unsaturated/α-hetero) is 1. The normalized spacial score (nSPS) is 14.6. The molecule has 0 spiro atoms. The third-order valence-corrected chi connectivity index (χ3v) is 10.3. The van der Waals surface area contributed by atoms with Gasteiger partial charge in [-0.2, -0.15) is 13.2 Å². The zero-order chi connectivity index (χ0) is 42.7. The second-order valence-electron chi connectivity index (χ2n) is 14.8. The van der Waals surface area contributed by atoms with Gasteiger partial charge in [0, 0.05) is 18.1 Å².